The molecule has 4 heterocycles. The molecule has 12 nitrogen and oxygen atoms in total. The molecule has 256 valence electrons. The summed E-state index contributed by atoms with van der Waals surface area (Å²) < 4.78 is 3.17. The summed E-state index contributed by atoms with van der Waals surface area (Å²) in [6.45, 7) is 5.36. The second-order valence-corrected chi connectivity index (χ2v) is 13.3. The van der Waals surface area contributed by atoms with E-state index in [2.05, 4.69) is 25.7 Å². The summed E-state index contributed by atoms with van der Waals surface area (Å²) in [5.41, 5.74) is 3.89. The van der Waals surface area contributed by atoms with Crippen molar-refractivity contribution in [3.63, 3.8) is 0 Å². The van der Waals surface area contributed by atoms with Crippen molar-refractivity contribution in [2.75, 3.05) is 25.0 Å². The van der Waals surface area contributed by atoms with Crippen molar-refractivity contribution in [3.8, 4) is 16.9 Å². The fourth-order valence-electron chi connectivity index (χ4n) is 6.66. The minimum absolute atomic E-state index is 0.000905. The molecule has 5 aromatic rings. The van der Waals surface area contributed by atoms with E-state index in [9.17, 15) is 14.4 Å². The smallest absolute Gasteiger partial charge is 0.293 e. The van der Waals surface area contributed by atoms with Gasteiger partial charge in [-0.2, -0.15) is 0 Å². The fourth-order valence-corrected chi connectivity index (χ4v) is 7.22. The van der Waals surface area contributed by atoms with Crippen LogP contribution in [-0.2, 0) is 11.2 Å². The Morgan fingerprint density at radius 2 is 1.68 bits per heavy atom. The Kier molecular flexibility index (Phi) is 9.39. The van der Waals surface area contributed by atoms with Gasteiger partial charge in [0.1, 0.15) is 23.2 Å². The highest BCUT2D eigenvalue weighted by atomic mass is 35.5. The van der Waals surface area contributed by atoms with Crippen LogP contribution in [0.5, 0.6) is 0 Å². The molecule has 1 N–H and O–H groups in total. The first-order chi connectivity index (χ1) is 24.2. The molecule has 0 saturated carbocycles. The van der Waals surface area contributed by atoms with Crippen molar-refractivity contribution in [3.05, 3.63) is 106 Å². The Morgan fingerprint density at radius 3 is 2.40 bits per heavy atom. The van der Waals surface area contributed by atoms with Gasteiger partial charge in [-0.05, 0) is 62.1 Å². The number of carbonyl (C=O) groups excluding carboxylic acids is 3. The molecule has 2 aromatic heterocycles. The van der Waals surface area contributed by atoms with Crippen LogP contribution in [0.25, 0.3) is 16.9 Å². The topological polar surface area (TPSA) is 131 Å². The lowest BCUT2D eigenvalue weighted by Crippen LogP contribution is -2.47. The standard InChI is InChI=1S/C36H35Cl2N9O3/c1-3-31-40-33(42-47(31)32-27(37)10-7-11-28(32)38)36(50)44-17-14-25(15-18-44)45-19-16-30(35(45)49)46-21-29(41-43-46)23-13-12-22(2)26(20-23)34(48)39-24-8-5-4-6-9-24/h4-13,20-21,25,30H,3,14-19H2,1-2H3,(H,39,48). The SMILES string of the molecule is CCc1nc(C(=O)N2CCC(N3CCC(n4cc(-c5ccc(C)c(C(=O)Nc6ccccc6)c5)nn4)C3=O)CC2)nn1-c1c(Cl)cccc1Cl. The van der Waals surface area contributed by atoms with Crippen molar-refractivity contribution in [1.29, 1.82) is 0 Å². The molecular weight excluding hydrogens is 677 g/mol. The van der Waals surface area contributed by atoms with Crippen molar-refractivity contribution in [2.24, 2.45) is 0 Å². The van der Waals surface area contributed by atoms with E-state index in [1.165, 1.54) is 0 Å². The third kappa shape index (κ3) is 6.48. The maximum Gasteiger partial charge on any atom is 0.293 e. The number of anilines is 1. The quantitative estimate of drug-likeness (QED) is 0.208. The second-order valence-electron chi connectivity index (χ2n) is 12.5. The first-order valence-electron chi connectivity index (χ1n) is 16.6. The highest BCUT2D eigenvalue weighted by Gasteiger charge is 2.39. The van der Waals surface area contributed by atoms with Crippen LogP contribution in [0.1, 0.15) is 64.6 Å². The lowest BCUT2D eigenvalue weighted by molar-refractivity contribution is -0.133. The molecule has 50 heavy (non-hydrogen) atoms. The first kappa shape index (κ1) is 33.4. The van der Waals surface area contributed by atoms with E-state index in [-0.39, 0.29) is 29.6 Å². The lowest BCUT2D eigenvalue weighted by Gasteiger charge is -2.36. The van der Waals surface area contributed by atoms with E-state index in [0.717, 1.165) is 11.1 Å². The minimum Gasteiger partial charge on any atom is -0.338 e. The molecule has 0 radical (unpaired) electrons. The van der Waals surface area contributed by atoms with Gasteiger partial charge in [0.15, 0.2) is 0 Å². The van der Waals surface area contributed by atoms with Crippen LogP contribution in [0.4, 0.5) is 5.69 Å². The van der Waals surface area contributed by atoms with E-state index >= 15 is 0 Å². The van der Waals surface area contributed by atoms with Crippen LogP contribution in [-0.4, -0.2) is 83.0 Å². The number of benzene rings is 3. The van der Waals surface area contributed by atoms with Gasteiger partial charge in [0.2, 0.25) is 11.7 Å². The van der Waals surface area contributed by atoms with Crippen LogP contribution in [0.3, 0.4) is 0 Å². The number of aryl methyl sites for hydroxylation is 2. The molecular formula is C36H35Cl2N9O3. The van der Waals surface area contributed by atoms with Gasteiger partial charge in [-0.25, -0.2) is 14.3 Å². The average Bonchev–Trinajstić information content (AvgIpc) is 3.87. The molecule has 2 fully saturated rings. The van der Waals surface area contributed by atoms with Gasteiger partial charge in [-0.1, -0.05) is 71.7 Å². The number of rotatable bonds is 8. The van der Waals surface area contributed by atoms with E-state index in [0.29, 0.717) is 83.8 Å². The molecule has 0 spiro atoms. The zero-order chi connectivity index (χ0) is 34.9. The van der Waals surface area contributed by atoms with E-state index in [1.807, 2.05) is 61.2 Å². The average molecular weight is 713 g/mol. The van der Waals surface area contributed by atoms with Crippen molar-refractivity contribution in [1.82, 2.24) is 39.6 Å². The third-order valence-corrected chi connectivity index (χ3v) is 9.98. The second kappa shape index (κ2) is 14.0. The van der Waals surface area contributed by atoms with Gasteiger partial charge in [-0.3, -0.25) is 14.4 Å². The van der Waals surface area contributed by atoms with Crippen molar-refractivity contribution < 1.29 is 14.4 Å². The zero-order valence-corrected chi connectivity index (χ0v) is 29.1. The summed E-state index contributed by atoms with van der Waals surface area (Å²) >= 11 is 12.8. The molecule has 14 heteroatoms. The van der Waals surface area contributed by atoms with E-state index in [1.54, 1.807) is 44.7 Å². The number of halogens is 2. The van der Waals surface area contributed by atoms with Gasteiger partial charge in [0, 0.05) is 48.9 Å². The molecule has 2 aliphatic rings. The lowest BCUT2D eigenvalue weighted by atomic mass is 10.0. The maximum absolute atomic E-state index is 13.7. The maximum atomic E-state index is 13.7. The van der Waals surface area contributed by atoms with Crippen LogP contribution in [0, 0.1) is 6.92 Å². The third-order valence-electron chi connectivity index (χ3n) is 9.37. The van der Waals surface area contributed by atoms with Crippen molar-refractivity contribution >= 4 is 46.6 Å². The Hall–Kier alpha value is -5.07. The summed E-state index contributed by atoms with van der Waals surface area (Å²) in [7, 11) is 0. The molecule has 1 unspecified atom stereocenters. The highest BCUT2D eigenvalue weighted by molar-refractivity contribution is 6.37. The van der Waals surface area contributed by atoms with Crippen LogP contribution >= 0.6 is 23.2 Å². The van der Waals surface area contributed by atoms with Crippen molar-refractivity contribution in [2.45, 2.75) is 51.6 Å². The fraction of sp³-hybridized carbons (Fsp3) is 0.306. The monoisotopic (exact) mass is 711 g/mol. The number of hydrogen-bond donors (Lipinski definition) is 1. The Bertz CT molecular complexity index is 2050. The summed E-state index contributed by atoms with van der Waals surface area (Å²) in [5, 5.41) is 16.9. The zero-order valence-electron chi connectivity index (χ0n) is 27.6. The van der Waals surface area contributed by atoms with E-state index < -0.39 is 6.04 Å². The largest absolute Gasteiger partial charge is 0.338 e. The predicted octanol–water partition coefficient (Wildman–Crippen LogP) is 6.03. The summed E-state index contributed by atoms with van der Waals surface area (Å²) in [6.07, 6.45) is 4.19. The Balaban J connectivity index is 0.987. The van der Waals surface area contributed by atoms with Gasteiger partial charge in [-0.15, -0.1) is 10.2 Å². The molecule has 3 aromatic carbocycles. The van der Waals surface area contributed by atoms with Gasteiger partial charge in [0.25, 0.3) is 11.8 Å². The number of para-hydroxylation sites is 2. The number of carbonyl (C=O) groups is 3. The first-order valence-corrected chi connectivity index (χ1v) is 17.4. The summed E-state index contributed by atoms with van der Waals surface area (Å²) in [5.74, 6) is 0.184. The number of nitrogens with zero attached hydrogens (tertiary/aromatic N) is 8. The summed E-state index contributed by atoms with van der Waals surface area (Å²) in [4.78, 5) is 48.4. The minimum atomic E-state index is -0.473. The number of amides is 3. The van der Waals surface area contributed by atoms with Gasteiger partial charge in [0.05, 0.1) is 16.2 Å². The molecule has 2 saturated heterocycles. The molecule has 1 atom stereocenters. The number of nitrogens with one attached hydrogen (secondary N) is 1. The van der Waals surface area contributed by atoms with Crippen LogP contribution < -0.4 is 5.32 Å². The van der Waals surface area contributed by atoms with Gasteiger partial charge >= 0.3 is 0 Å². The molecule has 2 aliphatic heterocycles. The summed E-state index contributed by atoms with van der Waals surface area (Å²) in [6, 6.07) is 19.6. The number of likely N-dealkylation sites (tertiary alicyclic amines) is 2. The normalized spacial score (nSPS) is 16.6. The molecule has 0 bridgehead atoms. The number of hydrogen-bond acceptors (Lipinski definition) is 7. The molecule has 7 rings (SSSR count). The Morgan fingerprint density at radius 1 is 0.940 bits per heavy atom. The molecule has 3 amide bonds. The number of aromatic nitrogens is 6. The highest BCUT2D eigenvalue weighted by Crippen LogP contribution is 2.31. The Labute approximate surface area is 299 Å². The molecule has 0 aliphatic carbocycles. The van der Waals surface area contributed by atoms with E-state index in [4.69, 9.17) is 23.2 Å². The predicted molar refractivity (Wildman–Crippen MR) is 190 cm³/mol. The number of piperidine rings is 1. The van der Waals surface area contributed by atoms with Crippen LogP contribution in [0.15, 0.2) is 72.9 Å². The van der Waals surface area contributed by atoms with Crippen LogP contribution in [0.2, 0.25) is 10.0 Å². The van der Waals surface area contributed by atoms with Gasteiger partial charge < -0.3 is 15.1 Å².